The highest BCUT2D eigenvalue weighted by Gasteiger charge is 2.40. The lowest BCUT2D eigenvalue weighted by Gasteiger charge is -2.37. The van der Waals surface area contributed by atoms with Crippen LogP contribution in [0.3, 0.4) is 0 Å². The van der Waals surface area contributed by atoms with Gasteiger partial charge in [-0.15, -0.1) is 0 Å². The average molecular weight is 241 g/mol. The Balaban J connectivity index is 2.45. The maximum absolute atomic E-state index is 12.1. The van der Waals surface area contributed by atoms with Crippen LogP contribution in [0.25, 0.3) is 0 Å². The van der Waals surface area contributed by atoms with Crippen molar-refractivity contribution in [3.05, 3.63) is 0 Å². The summed E-state index contributed by atoms with van der Waals surface area (Å²) in [5.41, 5.74) is -0.634. The first kappa shape index (κ1) is 13.7. The van der Waals surface area contributed by atoms with Gasteiger partial charge in [0.1, 0.15) is 0 Å². The molecule has 1 fully saturated rings. The van der Waals surface area contributed by atoms with Crippen molar-refractivity contribution in [1.29, 1.82) is 0 Å². The molecule has 0 bridgehead atoms. The fourth-order valence-corrected chi connectivity index (χ4v) is 2.05. The number of β-amino-alcohol motifs (C(OH)–C–C–N with tert-alkyl or cyclic N) is 1. The largest absolute Gasteiger partial charge is 0.415 e. The minimum Gasteiger partial charge on any atom is -0.394 e. The van der Waals surface area contributed by atoms with Crippen molar-refractivity contribution in [3.8, 4) is 0 Å². The lowest BCUT2D eigenvalue weighted by Crippen LogP contribution is -2.54. The molecule has 3 N–H and O–H groups in total. The van der Waals surface area contributed by atoms with Gasteiger partial charge in [0.25, 0.3) is 0 Å². The molecule has 0 heterocycles. The van der Waals surface area contributed by atoms with Gasteiger partial charge in [-0.3, -0.25) is 0 Å². The smallest absolute Gasteiger partial charge is 0.394 e. The number of aliphatic hydroxyl groups excluding tert-OH is 2. The number of alkyl halides is 3. The minimum atomic E-state index is -4.60. The van der Waals surface area contributed by atoms with Crippen LogP contribution in [0.4, 0.5) is 13.2 Å². The van der Waals surface area contributed by atoms with Gasteiger partial charge in [0, 0.05) is 12.1 Å². The standard InChI is InChI=1S/C10H18F3NO2/c11-10(12,13)8(16)6-14-9(7-15)4-2-1-3-5-9/h8,14-16H,1-7H2. The maximum Gasteiger partial charge on any atom is 0.415 e. The molecule has 0 spiro atoms. The van der Waals surface area contributed by atoms with Crippen molar-refractivity contribution in [1.82, 2.24) is 5.32 Å². The number of hydrogen-bond donors (Lipinski definition) is 3. The molecule has 3 nitrogen and oxygen atoms in total. The van der Waals surface area contributed by atoms with Crippen molar-refractivity contribution in [2.75, 3.05) is 13.2 Å². The predicted molar refractivity (Wildman–Crippen MR) is 53.0 cm³/mol. The second-order valence-electron chi connectivity index (χ2n) is 4.44. The molecule has 6 heteroatoms. The van der Waals surface area contributed by atoms with Crippen molar-refractivity contribution >= 4 is 0 Å². The van der Waals surface area contributed by atoms with Crippen LogP contribution in [0.5, 0.6) is 0 Å². The zero-order valence-electron chi connectivity index (χ0n) is 9.06. The van der Waals surface area contributed by atoms with Gasteiger partial charge in [0.15, 0.2) is 6.10 Å². The van der Waals surface area contributed by atoms with Crippen LogP contribution < -0.4 is 5.32 Å². The van der Waals surface area contributed by atoms with Gasteiger partial charge in [-0.1, -0.05) is 19.3 Å². The molecule has 0 aromatic carbocycles. The van der Waals surface area contributed by atoms with Gasteiger partial charge < -0.3 is 15.5 Å². The van der Waals surface area contributed by atoms with Crippen LogP contribution in [0.15, 0.2) is 0 Å². The Bertz CT molecular complexity index is 215. The molecule has 1 aliphatic carbocycles. The van der Waals surface area contributed by atoms with E-state index in [2.05, 4.69) is 5.32 Å². The molecule has 0 saturated heterocycles. The van der Waals surface area contributed by atoms with Crippen LogP contribution in [0.2, 0.25) is 0 Å². The highest BCUT2D eigenvalue weighted by molar-refractivity contribution is 4.91. The molecule has 16 heavy (non-hydrogen) atoms. The maximum atomic E-state index is 12.1. The normalized spacial score (nSPS) is 23.1. The quantitative estimate of drug-likeness (QED) is 0.693. The summed E-state index contributed by atoms with van der Waals surface area (Å²) in [7, 11) is 0. The topological polar surface area (TPSA) is 52.5 Å². The molecule has 0 aromatic rings. The number of rotatable bonds is 4. The van der Waals surface area contributed by atoms with Crippen LogP contribution in [0.1, 0.15) is 32.1 Å². The Hall–Kier alpha value is -0.330. The van der Waals surface area contributed by atoms with Gasteiger partial charge in [-0.2, -0.15) is 13.2 Å². The van der Waals surface area contributed by atoms with E-state index in [1.165, 1.54) is 0 Å². The Labute approximate surface area is 92.7 Å². The van der Waals surface area contributed by atoms with E-state index in [4.69, 9.17) is 5.11 Å². The number of nitrogens with one attached hydrogen (secondary N) is 1. The van der Waals surface area contributed by atoms with Crippen molar-refractivity contribution in [3.63, 3.8) is 0 Å². The third-order valence-corrected chi connectivity index (χ3v) is 3.16. The lowest BCUT2D eigenvalue weighted by molar-refractivity contribution is -0.203. The highest BCUT2D eigenvalue weighted by Crippen LogP contribution is 2.28. The van der Waals surface area contributed by atoms with Gasteiger partial charge in [0.2, 0.25) is 0 Å². The summed E-state index contributed by atoms with van der Waals surface area (Å²) in [6.45, 7) is -0.734. The Kier molecular flexibility index (Phi) is 4.58. The SMILES string of the molecule is OCC1(NCC(O)C(F)(F)F)CCCCC1. The van der Waals surface area contributed by atoms with Crippen LogP contribution >= 0.6 is 0 Å². The van der Waals surface area contributed by atoms with Gasteiger partial charge in [-0.05, 0) is 12.8 Å². The molecule has 0 aromatic heterocycles. The summed E-state index contributed by atoms with van der Waals surface area (Å²) in [6.07, 6.45) is -2.80. The van der Waals surface area contributed by atoms with Crippen molar-refractivity contribution < 1.29 is 23.4 Å². The first-order valence-corrected chi connectivity index (χ1v) is 5.50. The summed E-state index contributed by atoms with van der Waals surface area (Å²) in [5, 5.41) is 20.8. The molecule has 0 radical (unpaired) electrons. The fraction of sp³-hybridized carbons (Fsp3) is 1.00. The molecular weight excluding hydrogens is 223 g/mol. The molecule has 1 unspecified atom stereocenters. The van der Waals surface area contributed by atoms with Gasteiger partial charge in [-0.25, -0.2) is 0 Å². The van der Waals surface area contributed by atoms with E-state index in [1.807, 2.05) is 0 Å². The van der Waals surface area contributed by atoms with Crippen molar-refractivity contribution in [2.24, 2.45) is 0 Å². The van der Waals surface area contributed by atoms with E-state index in [0.717, 1.165) is 19.3 Å². The van der Waals surface area contributed by atoms with E-state index >= 15 is 0 Å². The number of halogens is 3. The molecule has 0 aliphatic heterocycles. The second-order valence-corrected chi connectivity index (χ2v) is 4.44. The number of hydrogen-bond acceptors (Lipinski definition) is 3. The zero-order chi connectivity index (χ0) is 12.2. The highest BCUT2D eigenvalue weighted by atomic mass is 19.4. The molecule has 0 amide bonds. The summed E-state index contributed by atoms with van der Waals surface area (Å²) >= 11 is 0. The fourth-order valence-electron chi connectivity index (χ4n) is 2.05. The molecule has 1 aliphatic rings. The van der Waals surface area contributed by atoms with Crippen LogP contribution in [-0.2, 0) is 0 Å². The third-order valence-electron chi connectivity index (χ3n) is 3.16. The zero-order valence-corrected chi connectivity index (χ0v) is 9.06. The minimum absolute atomic E-state index is 0.183. The summed E-state index contributed by atoms with van der Waals surface area (Å²) in [5.74, 6) is 0. The van der Waals surface area contributed by atoms with Crippen LogP contribution in [0, 0.1) is 0 Å². The molecular formula is C10H18F3NO2. The lowest BCUT2D eigenvalue weighted by atomic mass is 9.82. The first-order valence-electron chi connectivity index (χ1n) is 5.50. The van der Waals surface area contributed by atoms with E-state index < -0.39 is 24.4 Å². The molecule has 1 rings (SSSR count). The van der Waals surface area contributed by atoms with Gasteiger partial charge in [0.05, 0.1) is 6.61 Å². The average Bonchev–Trinajstić information content (AvgIpc) is 2.26. The molecule has 1 saturated carbocycles. The monoisotopic (exact) mass is 241 g/mol. The van der Waals surface area contributed by atoms with Crippen LogP contribution in [-0.4, -0.2) is 41.2 Å². The first-order chi connectivity index (χ1) is 7.40. The van der Waals surface area contributed by atoms with E-state index in [9.17, 15) is 18.3 Å². The van der Waals surface area contributed by atoms with Crippen molar-refractivity contribution in [2.45, 2.75) is 49.9 Å². The summed E-state index contributed by atoms with van der Waals surface area (Å²) in [6, 6.07) is 0. The Morgan fingerprint density at radius 3 is 2.19 bits per heavy atom. The van der Waals surface area contributed by atoms with E-state index in [1.54, 1.807) is 0 Å². The Morgan fingerprint density at radius 1 is 1.19 bits per heavy atom. The third kappa shape index (κ3) is 3.61. The summed E-state index contributed by atoms with van der Waals surface area (Å²) < 4.78 is 36.2. The molecule has 1 atom stereocenters. The molecule has 96 valence electrons. The second kappa shape index (κ2) is 5.33. The van der Waals surface area contributed by atoms with Gasteiger partial charge >= 0.3 is 6.18 Å². The number of aliphatic hydroxyl groups is 2. The van der Waals surface area contributed by atoms with E-state index in [-0.39, 0.29) is 6.61 Å². The van der Waals surface area contributed by atoms with E-state index in [0.29, 0.717) is 12.8 Å². The predicted octanol–water partition coefficient (Wildman–Crippen LogP) is 1.19. The summed E-state index contributed by atoms with van der Waals surface area (Å²) in [4.78, 5) is 0. The Morgan fingerprint density at radius 2 is 1.75 bits per heavy atom.